The second kappa shape index (κ2) is 16.2. The first-order chi connectivity index (χ1) is 18.9. The van der Waals surface area contributed by atoms with E-state index in [1.807, 2.05) is 91.0 Å². The highest BCUT2D eigenvalue weighted by atomic mass is 32.1. The molecule has 0 saturated heterocycles. The zero-order chi connectivity index (χ0) is 27.9. The van der Waals surface area contributed by atoms with E-state index in [2.05, 4.69) is 16.0 Å². The Morgan fingerprint density at radius 2 is 1.05 bits per heavy atom. The predicted molar refractivity (Wildman–Crippen MR) is 159 cm³/mol. The molecule has 3 aromatic rings. The van der Waals surface area contributed by atoms with Crippen molar-refractivity contribution in [3.05, 3.63) is 108 Å². The maximum absolute atomic E-state index is 13.3. The van der Waals surface area contributed by atoms with Crippen LogP contribution < -0.4 is 16.0 Å². The number of amides is 3. The van der Waals surface area contributed by atoms with Crippen LogP contribution in [0.4, 0.5) is 0 Å². The van der Waals surface area contributed by atoms with Crippen molar-refractivity contribution in [2.24, 2.45) is 5.92 Å². The average molecular weight is 544 g/mol. The third-order valence-electron chi connectivity index (χ3n) is 6.47. The number of benzene rings is 3. The maximum Gasteiger partial charge on any atom is 0.252 e. The first-order valence-corrected chi connectivity index (χ1v) is 13.8. The molecule has 3 aromatic carbocycles. The molecule has 3 amide bonds. The second-order valence-corrected chi connectivity index (χ2v) is 10.2. The quantitative estimate of drug-likeness (QED) is 0.152. The van der Waals surface area contributed by atoms with E-state index in [0.29, 0.717) is 37.2 Å². The van der Waals surface area contributed by atoms with Gasteiger partial charge in [0.2, 0.25) is 5.91 Å². The van der Waals surface area contributed by atoms with Gasteiger partial charge in [-0.05, 0) is 55.7 Å². The van der Waals surface area contributed by atoms with Crippen molar-refractivity contribution in [2.45, 2.75) is 45.1 Å². The number of hydrogen-bond donors (Lipinski definition) is 3. The summed E-state index contributed by atoms with van der Waals surface area (Å²) in [5, 5.41) is 8.34. The van der Waals surface area contributed by atoms with Crippen molar-refractivity contribution in [3.8, 4) is 0 Å². The lowest BCUT2D eigenvalue weighted by Crippen LogP contribution is -2.57. The summed E-state index contributed by atoms with van der Waals surface area (Å²) in [6, 6.07) is 28.2. The summed E-state index contributed by atoms with van der Waals surface area (Å²) in [5.41, 5.74) is 3.30. The van der Waals surface area contributed by atoms with Gasteiger partial charge < -0.3 is 16.0 Å². The van der Waals surface area contributed by atoms with Gasteiger partial charge in [0.05, 0.1) is 5.92 Å². The van der Waals surface area contributed by atoms with Crippen LogP contribution in [0, 0.1) is 5.92 Å². The van der Waals surface area contributed by atoms with Gasteiger partial charge in [0.25, 0.3) is 11.8 Å². The third-order valence-corrected chi connectivity index (χ3v) is 6.75. The fourth-order valence-electron chi connectivity index (χ4n) is 4.27. The normalized spacial score (nSPS) is 11.4. The lowest BCUT2D eigenvalue weighted by atomic mass is 9.95. The molecule has 6 nitrogen and oxygen atoms in total. The SMILES string of the molecule is CC(=S)[C@@H](Cc1ccccc1)C(=O)NC(C(=O)NCCCc1ccccc1)C(=O)NCCCc1ccccc1. The summed E-state index contributed by atoms with van der Waals surface area (Å²) < 4.78 is 0. The number of hydrogen-bond acceptors (Lipinski definition) is 4. The number of nitrogens with one attached hydrogen (secondary N) is 3. The van der Waals surface area contributed by atoms with Gasteiger partial charge in [0.15, 0.2) is 6.04 Å². The molecular weight excluding hydrogens is 506 g/mol. The molecule has 3 rings (SSSR count). The number of carbonyl (C=O) groups is 3. The van der Waals surface area contributed by atoms with Crippen LogP contribution in [0.15, 0.2) is 91.0 Å². The van der Waals surface area contributed by atoms with Crippen LogP contribution in [0.25, 0.3) is 0 Å². The minimum atomic E-state index is -1.35. The van der Waals surface area contributed by atoms with E-state index in [4.69, 9.17) is 12.2 Å². The minimum Gasteiger partial charge on any atom is -0.354 e. The summed E-state index contributed by atoms with van der Waals surface area (Å²) in [6.45, 7) is 2.49. The molecule has 0 spiro atoms. The highest BCUT2D eigenvalue weighted by Crippen LogP contribution is 2.12. The Kier molecular flexibility index (Phi) is 12.3. The smallest absolute Gasteiger partial charge is 0.252 e. The highest BCUT2D eigenvalue weighted by molar-refractivity contribution is 7.80. The lowest BCUT2D eigenvalue weighted by molar-refractivity contribution is -0.137. The molecule has 0 saturated carbocycles. The largest absolute Gasteiger partial charge is 0.354 e. The van der Waals surface area contributed by atoms with Crippen molar-refractivity contribution < 1.29 is 14.4 Å². The molecule has 7 heteroatoms. The first kappa shape index (κ1) is 29.7. The summed E-state index contributed by atoms with van der Waals surface area (Å²) in [7, 11) is 0. The number of aryl methyl sites for hydroxylation is 2. The van der Waals surface area contributed by atoms with Gasteiger partial charge >= 0.3 is 0 Å². The standard InChI is InChI=1S/C32H37N3O3S/c1-24(39)28(23-27-17-9-4-10-18-27)30(36)35-29(31(37)33-21-11-19-25-13-5-2-6-14-25)32(38)34-22-12-20-26-15-7-3-8-16-26/h2-10,13-18,28-29H,11-12,19-23H2,1H3,(H,33,37)(H,34,38)(H,35,36)/t28-/m1/s1. The summed E-state index contributed by atoms with van der Waals surface area (Å²) in [4.78, 5) is 40.0. The van der Waals surface area contributed by atoms with Crippen LogP contribution in [0.1, 0.15) is 36.5 Å². The summed E-state index contributed by atoms with van der Waals surface area (Å²) in [5.74, 6) is -2.13. The third kappa shape index (κ3) is 10.4. The van der Waals surface area contributed by atoms with Crippen molar-refractivity contribution in [1.29, 1.82) is 0 Å². The zero-order valence-corrected chi connectivity index (χ0v) is 23.2. The highest BCUT2D eigenvalue weighted by Gasteiger charge is 2.31. The Bertz CT molecular complexity index is 1140. The molecule has 0 bridgehead atoms. The fourth-order valence-corrected chi connectivity index (χ4v) is 4.46. The van der Waals surface area contributed by atoms with Crippen LogP contribution in [0.2, 0.25) is 0 Å². The summed E-state index contributed by atoms with van der Waals surface area (Å²) in [6.07, 6.45) is 3.42. The van der Waals surface area contributed by atoms with Crippen LogP contribution in [0.5, 0.6) is 0 Å². The zero-order valence-electron chi connectivity index (χ0n) is 22.4. The van der Waals surface area contributed by atoms with Gasteiger partial charge in [-0.2, -0.15) is 0 Å². The predicted octanol–water partition coefficient (Wildman–Crippen LogP) is 4.22. The van der Waals surface area contributed by atoms with Crippen LogP contribution >= 0.6 is 12.2 Å². The van der Waals surface area contributed by atoms with Crippen molar-refractivity contribution in [1.82, 2.24) is 16.0 Å². The molecule has 39 heavy (non-hydrogen) atoms. The monoisotopic (exact) mass is 543 g/mol. The molecular formula is C32H37N3O3S. The Hall–Kier alpha value is -3.84. The van der Waals surface area contributed by atoms with E-state index in [1.165, 1.54) is 11.1 Å². The van der Waals surface area contributed by atoms with Gasteiger partial charge in [-0.25, -0.2) is 0 Å². The Morgan fingerprint density at radius 3 is 1.46 bits per heavy atom. The van der Waals surface area contributed by atoms with Gasteiger partial charge in [0.1, 0.15) is 0 Å². The summed E-state index contributed by atoms with van der Waals surface area (Å²) >= 11 is 5.38. The topological polar surface area (TPSA) is 87.3 Å². The van der Waals surface area contributed by atoms with Crippen molar-refractivity contribution in [3.63, 3.8) is 0 Å². The van der Waals surface area contributed by atoms with E-state index >= 15 is 0 Å². The van der Waals surface area contributed by atoms with E-state index in [1.54, 1.807) is 6.92 Å². The molecule has 3 N–H and O–H groups in total. The van der Waals surface area contributed by atoms with Crippen molar-refractivity contribution >= 4 is 34.8 Å². The molecule has 0 aliphatic heterocycles. The fraction of sp³-hybridized carbons (Fsp3) is 0.312. The van der Waals surface area contributed by atoms with Gasteiger partial charge in [-0.15, -0.1) is 0 Å². The Labute approximate surface area is 236 Å². The second-order valence-electron chi connectivity index (χ2n) is 9.55. The number of carbonyl (C=O) groups excluding carboxylic acids is 3. The van der Waals surface area contributed by atoms with Crippen LogP contribution in [0.3, 0.4) is 0 Å². The molecule has 204 valence electrons. The van der Waals surface area contributed by atoms with Crippen molar-refractivity contribution in [2.75, 3.05) is 13.1 Å². The minimum absolute atomic E-state index is 0.390. The van der Waals surface area contributed by atoms with E-state index < -0.39 is 29.7 Å². The maximum atomic E-state index is 13.3. The molecule has 0 aliphatic carbocycles. The molecule has 0 aliphatic rings. The Balaban J connectivity index is 1.61. The molecule has 0 unspecified atom stereocenters. The van der Waals surface area contributed by atoms with Gasteiger partial charge in [-0.1, -0.05) is 103 Å². The van der Waals surface area contributed by atoms with Gasteiger partial charge in [0, 0.05) is 18.0 Å². The van der Waals surface area contributed by atoms with E-state index in [9.17, 15) is 14.4 Å². The van der Waals surface area contributed by atoms with E-state index in [-0.39, 0.29) is 0 Å². The Morgan fingerprint density at radius 1 is 0.641 bits per heavy atom. The molecule has 0 aromatic heterocycles. The molecule has 0 heterocycles. The van der Waals surface area contributed by atoms with Crippen LogP contribution in [-0.2, 0) is 33.6 Å². The molecule has 1 atom stereocenters. The number of rotatable bonds is 15. The van der Waals surface area contributed by atoms with Gasteiger partial charge in [-0.3, -0.25) is 14.4 Å². The molecule has 0 fully saturated rings. The first-order valence-electron chi connectivity index (χ1n) is 13.4. The van der Waals surface area contributed by atoms with Crippen LogP contribution in [-0.4, -0.2) is 41.7 Å². The molecule has 0 radical (unpaired) electrons. The van der Waals surface area contributed by atoms with E-state index in [0.717, 1.165) is 18.4 Å². The number of thiocarbonyl (C=S) groups is 1. The average Bonchev–Trinajstić information content (AvgIpc) is 2.96. The lowest BCUT2D eigenvalue weighted by Gasteiger charge is -2.22.